The van der Waals surface area contributed by atoms with E-state index in [1.165, 1.54) is 29.0 Å². The number of hydrogen-bond donors (Lipinski definition) is 2. The highest BCUT2D eigenvalue weighted by Crippen LogP contribution is 2.34. The van der Waals surface area contributed by atoms with Gasteiger partial charge in [0.25, 0.3) is 0 Å². The highest BCUT2D eigenvalue weighted by molar-refractivity contribution is 5.44. The van der Waals surface area contributed by atoms with Gasteiger partial charge in [-0.3, -0.25) is 4.90 Å². The second-order valence-corrected chi connectivity index (χ2v) is 10.8. The number of anilines is 1. The number of hydrogen-bond acceptors (Lipinski definition) is 4. The maximum atomic E-state index is 13.2. The number of likely N-dealkylation sites (tertiary alicyclic amines) is 1. The molecule has 5 heteroatoms. The van der Waals surface area contributed by atoms with E-state index in [1.807, 2.05) is 12.1 Å². The first kappa shape index (κ1) is 24.7. The average molecular weight is 465 g/mol. The fourth-order valence-electron chi connectivity index (χ4n) is 5.49. The Morgan fingerprint density at radius 3 is 2.18 bits per heavy atom. The van der Waals surface area contributed by atoms with Gasteiger partial charge >= 0.3 is 0 Å². The lowest BCUT2D eigenvalue weighted by atomic mass is 9.80. The lowest BCUT2D eigenvalue weighted by Crippen LogP contribution is -2.53. The van der Waals surface area contributed by atoms with Crippen molar-refractivity contribution in [1.29, 1.82) is 0 Å². The molecule has 2 atom stereocenters. The molecule has 0 bridgehead atoms. The molecule has 2 N–H and O–H groups in total. The van der Waals surface area contributed by atoms with Crippen LogP contribution < -0.4 is 10.6 Å². The summed E-state index contributed by atoms with van der Waals surface area (Å²) in [5.41, 5.74) is 4.75. The van der Waals surface area contributed by atoms with Crippen LogP contribution in [-0.2, 0) is 12.0 Å². The van der Waals surface area contributed by atoms with Gasteiger partial charge in [-0.1, -0.05) is 44.7 Å². The van der Waals surface area contributed by atoms with Crippen molar-refractivity contribution in [2.45, 2.75) is 70.6 Å². The van der Waals surface area contributed by atoms with Crippen molar-refractivity contribution in [3.8, 4) is 0 Å². The Morgan fingerprint density at radius 1 is 1.00 bits per heavy atom. The molecule has 2 heterocycles. The van der Waals surface area contributed by atoms with Gasteiger partial charge in [-0.2, -0.15) is 0 Å². The molecule has 2 aromatic carbocycles. The smallest absolute Gasteiger partial charge is 0.123 e. The molecule has 184 valence electrons. The standard InChI is InChI=1S/C29H41FN4/c1-21-18-33(19-22(2)31-21)20-24-6-8-25(9-7-24)29(4,5)23(3)34-16-14-28(15-17-34)32-27-12-10-26(30)11-13-27/h6-13,21-22,28,31-32H,3,14-20H2,1-2,4-5H3. The van der Waals surface area contributed by atoms with E-state index >= 15 is 0 Å². The topological polar surface area (TPSA) is 30.5 Å². The number of rotatable bonds is 7. The molecular formula is C29H41FN4. The maximum Gasteiger partial charge on any atom is 0.123 e. The predicted molar refractivity (Wildman–Crippen MR) is 141 cm³/mol. The molecule has 0 amide bonds. The van der Waals surface area contributed by atoms with Crippen molar-refractivity contribution in [2.24, 2.45) is 0 Å². The zero-order valence-corrected chi connectivity index (χ0v) is 21.3. The Labute approximate surface area is 205 Å². The van der Waals surface area contributed by atoms with Gasteiger partial charge < -0.3 is 15.5 Å². The molecule has 0 aromatic heterocycles. The van der Waals surface area contributed by atoms with Crippen LogP contribution >= 0.6 is 0 Å². The van der Waals surface area contributed by atoms with Crippen LogP contribution in [0.5, 0.6) is 0 Å². The molecule has 0 aliphatic carbocycles. The third kappa shape index (κ3) is 6.00. The maximum absolute atomic E-state index is 13.2. The largest absolute Gasteiger partial charge is 0.382 e. The summed E-state index contributed by atoms with van der Waals surface area (Å²) in [6.07, 6.45) is 2.10. The Bertz CT molecular complexity index is 935. The molecule has 0 radical (unpaired) electrons. The summed E-state index contributed by atoms with van der Waals surface area (Å²) in [5.74, 6) is -0.195. The highest BCUT2D eigenvalue weighted by Gasteiger charge is 2.30. The summed E-state index contributed by atoms with van der Waals surface area (Å²) < 4.78 is 13.2. The second-order valence-electron chi connectivity index (χ2n) is 10.8. The fourth-order valence-corrected chi connectivity index (χ4v) is 5.49. The summed E-state index contributed by atoms with van der Waals surface area (Å²) in [7, 11) is 0. The van der Waals surface area contributed by atoms with Crippen molar-refractivity contribution >= 4 is 5.69 Å². The lowest BCUT2D eigenvalue weighted by molar-refractivity contribution is 0.166. The number of nitrogens with one attached hydrogen (secondary N) is 2. The van der Waals surface area contributed by atoms with Crippen LogP contribution in [0.25, 0.3) is 0 Å². The van der Waals surface area contributed by atoms with Crippen LogP contribution in [0.3, 0.4) is 0 Å². The predicted octanol–water partition coefficient (Wildman–Crippen LogP) is 5.38. The minimum Gasteiger partial charge on any atom is -0.382 e. The minimum atomic E-state index is -0.195. The number of allylic oxidation sites excluding steroid dienone is 1. The summed E-state index contributed by atoms with van der Waals surface area (Å²) in [6.45, 7) is 18.8. The molecule has 2 aliphatic rings. The molecule has 2 aliphatic heterocycles. The Hall–Kier alpha value is -2.37. The number of benzene rings is 2. The van der Waals surface area contributed by atoms with Crippen molar-refractivity contribution < 1.29 is 4.39 Å². The van der Waals surface area contributed by atoms with Gasteiger partial charge in [0.1, 0.15) is 5.82 Å². The van der Waals surface area contributed by atoms with E-state index in [2.05, 4.69) is 79.0 Å². The van der Waals surface area contributed by atoms with Gasteiger partial charge in [-0.15, -0.1) is 0 Å². The number of piperidine rings is 1. The molecule has 2 saturated heterocycles. The first-order valence-corrected chi connectivity index (χ1v) is 12.7. The van der Waals surface area contributed by atoms with Crippen molar-refractivity contribution in [3.63, 3.8) is 0 Å². The third-order valence-electron chi connectivity index (χ3n) is 7.53. The summed E-state index contributed by atoms with van der Waals surface area (Å²) >= 11 is 0. The first-order valence-electron chi connectivity index (χ1n) is 12.7. The summed E-state index contributed by atoms with van der Waals surface area (Å²) in [4.78, 5) is 5.00. The zero-order valence-electron chi connectivity index (χ0n) is 21.3. The quantitative estimate of drug-likeness (QED) is 0.576. The van der Waals surface area contributed by atoms with Gasteiger partial charge in [0.05, 0.1) is 0 Å². The molecule has 4 rings (SSSR count). The fraction of sp³-hybridized carbons (Fsp3) is 0.517. The molecule has 0 spiro atoms. The van der Waals surface area contributed by atoms with Crippen LogP contribution in [0.1, 0.15) is 51.7 Å². The molecule has 2 aromatic rings. The van der Waals surface area contributed by atoms with Crippen molar-refractivity contribution in [2.75, 3.05) is 31.5 Å². The van der Waals surface area contributed by atoms with Gasteiger partial charge in [-0.05, 0) is 62.1 Å². The molecule has 2 fully saturated rings. The van der Waals surface area contributed by atoms with Gasteiger partial charge in [-0.25, -0.2) is 4.39 Å². The van der Waals surface area contributed by atoms with E-state index in [0.29, 0.717) is 18.1 Å². The van der Waals surface area contributed by atoms with E-state index in [4.69, 9.17) is 0 Å². The molecule has 2 unspecified atom stereocenters. The Kier molecular flexibility index (Phi) is 7.63. The van der Waals surface area contributed by atoms with Crippen LogP contribution in [0.4, 0.5) is 10.1 Å². The lowest BCUT2D eigenvalue weighted by Gasteiger charge is -2.41. The van der Waals surface area contributed by atoms with Gasteiger partial charge in [0.15, 0.2) is 0 Å². The van der Waals surface area contributed by atoms with Crippen molar-refractivity contribution in [3.05, 3.63) is 77.8 Å². The van der Waals surface area contributed by atoms with Gasteiger partial charge in [0, 0.05) is 67.6 Å². The van der Waals surface area contributed by atoms with Gasteiger partial charge in [0.2, 0.25) is 0 Å². The number of halogens is 1. The zero-order chi connectivity index (χ0) is 24.3. The Morgan fingerprint density at radius 2 is 1.59 bits per heavy atom. The monoisotopic (exact) mass is 464 g/mol. The van der Waals surface area contributed by atoms with Crippen LogP contribution in [-0.4, -0.2) is 54.1 Å². The summed E-state index contributed by atoms with van der Waals surface area (Å²) in [5, 5.41) is 7.16. The van der Waals surface area contributed by atoms with Crippen LogP contribution in [0.15, 0.2) is 60.8 Å². The number of piperazine rings is 1. The number of nitrogens with zero attached hydrogens (tertiary/aromatic N) is 2. The highest BCUT2D eigenvalue weighted by atomic mass is 19.1. The molecular weight excluding hydrogens is 423 g/mol. The van der Waals surface area contributed by atoms with Crippen molar-refractivity contribution in [1.82, 2.24) is 15.1 Å². The average Bonchev–Trinajstić information content (AvgIpc) is 2.80. The molecule has 4 nitrogen and oxygen atoms in total. The van der Waals surface area contributed by atoms with E-state index in [9.17, 15) is 4.39 Å². The van der Waals surface area contributed by atoms with E-state index in [-0.39, 0.29) is 11.2 Å². The first-order chi connectivity index (χ1) is 16.2. The van der Waals surface area contributed by atoms with Crippen LogP contribution in [0, 0.1) is 5.82 Å². The SMILES string of the molecule is C=C(N1CCC(Nc2ccc(F)cc2)CC1)C(C)(C)c1ccc(CN2CC(C)NC(C)C2)cc1. The molecule has 34 heavy (non-hydrogen) atoms. The third-order valence-corrected chi connectivity index (χ3v) is 7.53. The van der Waals surface area contributed by atoms with E-state index < -0.39 is 0 Å². The van der Waals surface area contributed by atoms with E-state index in [1.54, 1.807) is 0 Å². The second kappa shape index (κ2) is 10.5. The normalized spacial score (nSPS) is 22.6. The van der Waals surface area contributed by atoms with Crippen LogP contribution in [0.2, 0.25) is 0 Å². The van der Waals surface area contributed by atoms with E-state index in [0.717, 1.165) is 51.3 Å². The summed E-state index contributed by atoms with van der Waals surface area (Å²) in [6, 6.07) is 17.3. The molecule has 0 saturated carbocycles. The minimum absolute atomic E-state index is 0.117. The Balaban J connectivity index is 1.31.